The van der Waals surface area contributed by atoms with Gasteiger partial charge in [0.2, 0.25) is 5.91 Å². The predicted octanol–water partition coefficient (Wildman–Crippen LogP) is 7.72. The van der Waals surface area contributed by atoms with Crippen molar-refractivity contribution in [1.29, 1.82) is 0 Å². The molecular weight excluding hydrogens is 487 g/mol. The number of halogens is 2. The van der Waals surface area contributed by atoms with Crippen LogP contribution < -0.4 is 10.6 Å². The Labute approximate surface area is 212 Å². The molecule has 4 aromatic rings. The Bertz CT molecular complexity index is 1310. The summed E-state index contributed by atoms with van der Waals surface area (Å²) in [6.45, 7) is 0. The summed E-state index contributed by atoms with van der Waals surface area (Å²) in [5.41, 5.74) is 2.49. The van der Waals surface area contributed by atoms with Crippen molar-refractivity contribution in [3.63, 3.8) is 0 Å². The van der Waals surface area contributed by atoms with E-state index in [2.05, 4.69) is 10.6 Å². The molecule has 2 N–H and O–H groups in total. The van der Waals surface area contributed by atoms with Crippen molar-refractivity contribution in [3.8, 4) is 0 Å². The third-order valence-corrected chi connectivity index (χ3v) is 6.72. The summed E-state index contributed by atoms with van der Waals surface area (Å²) in [6.07, 6.45) is 0. The number of nitrogens with one attached hydrogen (secondary N) is 2. The minimum Gasteiger partial charge on any atom is -0.323 e. The monoisotopic (exact) mass is 506 g/mol. The molecule has 0 aliphatic heterocycles. The lowest BCUT2D eigenvalue weighted by Gasteiger charge is -2.18. The largest absolute Gasteiger partial charge is 0.323 e. The van der Waals surface area contributed by atoms with Crippen molar-refractivity contribution in [2.24, 2.45) is 0 Å². The Hall–Kier alpha value is -3.25. The second-order valence-corrected chi connectivity index (χ2v) is 9.39. The van der Waals surface area contributed by atoms with Crippen molar-refractivity contribution in [3.05, 3.63) is 124 Å². The average Bonchev–Trinajstić information content (AvgIpc) is 2.84. The van der Waals surface area contributed by atoms with Gasteiger partial charge in [-0.05, 0) is 54.1 Å². The Morgan fingerprint density at radius 3 is 2.24 bits per heavy atom. The lowest BCUT2D eigenvalue weighted by molar-refractivity contribution is -0.115. The van der Waals surface area contributed by atoms with Crippen molar-refractivity contribution in [2.45, 2.75) is 10.1 Å². The summed E-state index contributed by atoms with van der Waals surface area (Å²) in [5, 5.41) is 6.25. The zero-order valence-electron chi connectivity index (χ0n) is 17.9. The molecule has 0 fully saturated rings. The van der Waals surface area contributed by atoms with Gasteiger partial charge in [0, 0.05) is 21.2 Å². The summed E-state index contributed by atoms with van der Waals surface area (Å²) in [6, 6.07) is 30.8. The maximum Gasteiger partial charge on any atom is 0.255 e. The minimum absolute atomic E-state index is 0.197. The summed E-state index contributed by atoms with van der Waals surface area (Å²) in [5.74, 6) is -0.460. The number of hydrogen-bond acceptors (Lipinski definition) is 3. The summed E-state index contributed by atoms with van der Waals surface area (Å²) in [7, 11) is 0. The SMILES string of the molecule is O=C(Nc1cccc(SC(C(=O)Nc2ccccc2Cl)c2ccccc2)c1)c1cccc(Cl)c1. The van der Waals surface area contributed by atoms with Gasteiger partial charge in [-0.3, -0.25) is 9.59 Å². The van der Waals surface area contributed by atoms with Gasteiger partial charge in [0.1, 0.15) is 5.25 Å². The van der Waals surface area contributed by atoms with Gasteiger partial charge < -0.3 is 10.6 Å². The fourth-order valence-electron chi connectivity index (χ4n) is 3.28. The lowest BCUT2D eigenvalue weighted by atomic mass is 10.1. The van der Waals surface area contributed by atoms with E-state index in [9.17, 15) is 9.59 Å². The quantitative estimate of drug-likeness (QED) is 0.252. The van der Waals surface area contributed by atoms with Crippen molar-refractivity contribution in [2.75, 3.05) is 10.6 Å². The molecule has 0 radical (unpaired) electrons. The molecule has 0 saturated heterocycles. The fourth-order valence-corrected chi connectivity index (χ4v) is 4.73. The molecule has 0 saturated carbocycles. The topological polar surface area (TPSA) is 58.2 Å². The second kappa shape index (κ2) is 11.3. The van der Waals surface area contributed by atoms with E-state index in [1.807, 2.05) is 60.7 Å². The van der Waals surface area contributed by atoms with E-state index in [1.165, 1.54) is 11.8 Å². The van der Waals surface area contributed by atoms with Gasteiger partial charge in [0.15, 0.2) is 0 Å². The van der Waals surface area contributed by atoms with Crippen LogP contribution in [-0.4, -0.2) is 11.8 Å². The first-order valence-corrected chi connectivity index (χ1v) is 12.1. The van der Waals surface area contributed by atoms with E-state index in [0.29, 0.717) is 27.0 Å². The Kier molecular flexibility index (Phi) is 7.91. The Morgan fingerprint density at radius 1 is 0.735 bits per heavy atom. The van der Waals surface area contributed by atoms with Crippen LogP contribution in [0, 0.1) is 0 Å². The number of benzene rings is 4. The maximum absolute atomic E-state index is 13.3. The normalized spacial score (nSPS) is 11.5. The molecule has 1 atom stereocenters. The number of para-hydroxylation sites is 1. The highest BCUT2D eigenvalue weighted by Gasteiger charge is 2.23. The van der Waals surface area contributed by atoms with E-state index in [-0.39, 0.29) is 11.8 Å². The van der Waals surface area contributed by atoms with Gasteiger partial charge in [-0.1, -0.05) is 77.8 Å². The summed E-state index contributed by atoms with van der Waals surface area (Å²) in [4.78, 5) is 26.7. The molecule has 1 unspecified atom stereocenters. The first kappa shape index (κ1) is 23.9. The first-order chi connectivity index (χ1) is 16.5. The Morgan fingerprint density at radius 2 is 1.47 bits per heavy atom. The molecule has 4 nitrogen and oxygen atoms in total. The van der Waals surface area contributed by atoms with E-state index < -0.39 is 5.25 Å². The molecule has 4 rings (SSSR count). The number of anilines is 2. The van der Waals surface area contributed by atoms with Gasteiger partial charge in [0.25, 0.3) is 5.91 Å². The van der Waals surface area contributed by atoms with E-state index in [4.69, 9.17) is 23.2 Å². The highest BCUT2D eigenvalue weighted by molar-refractivity contribution is 8.00. The zero-order valence-corrected chi connectivity index (χ0v) is 20.2. The van der Waals surface area contributed by atoms with Crippen LogP contribution in [0.3, 0.4) is 0 Å². The molecule has 0 aliphatic rings. The molecule has 0 aromatic heterocycles. The van der Waals surface area contributed by atoms with Gasteiger partial charge in [-0.15, -0.1) is 11.8 Å². The number of thioether (sulfide) groups is 1. The molecular formula is C27H20Cl2N2O2S. The summed E-state index contributed by atoms with van der Waals surface area (Å²) >= 11 is 13.6. The van der Waals surface area contributed by atoms with Gasteiger partial charge in [0.05, 0.1) is 10.7 Å². The first-order valence-electron chi connectivity index (χ1n) is 10.4. The van der Waals surface area contributed by atoms with Crippen LogP contribution in [0.1, 0.15) is 21.2 Å². The van der Waals surface area contributed by atoms with Crippen LogP contribution in [0.4, 0.5) is 11.4 Å². The van der Waals surface area contributed by atoms with E-state index in [0.717, 1.165) is 10.5 Å². The molecule has 0 heterocycles. The smallest absolute Gasteiger partial charge is 0.255 e. The molecule has 2 amide bonds. The Balaban J connectivity index is 1.55. The highest BCUT2D eigenvalue weighted by Crippen LogP contribution is 2.37. The summed E-state index contributed by atoms with van der Waals surface area (Å²) < 4.78 is 0. The second-order valence-electron chi connectivity index (χ2n) is 7.37. The third-order valence-electron chi connectivity index (χ3n) is 4.90. The van der Waals surface area contributed by atoms with Crippen LogP contribution in [0.5, 0.6) is 0 Å². The van der Waals surface area contributed by atoms with Crippen molar-refractivity contribution in [1.82, 2.24) is 0 Å². The van der Waals surface area contributed by atoms with Crippen LogP contribution in [0.2, 0.25) is 10.0 Å². The fraction of sp³-hybridized carbons (Fsp3) is 0.0370. The third kappa shape index (κ3) is 6.20. The zero-order chi connectivity index (χ0) is 23.9. The number of amides is 2. The standard InChI is InChI=1S/C27H20Cl2N2O2S/c28-20-11-6-10-19(16-20)26(32)30-21-12-7-13-22(17-21)34-25(18-8-2-1-3-9-18)27(33)31-24-15-5-4-14-23(24)29/h1-17,25H,(H,30,32)(H,31,33). The van der Waals surface area contributed by atoms with Gasteiger partial charge in [-0.25, -0.2) is 0 Å². The van der Waals surface area contributed by atoms with E-state index in [1.54, 1.807) is 42.5 Å². The molecule has 170 valence electrons. The van der Waals surface area contributed by atoms with E-state index >= 15 is 0 Å². The maximum atomic E-state index is 13.3. The van der Waals surface area contributed by atoms with Gasteiger partial charge >= 0.3 is 0 Å². The molecule has 0 spiro atoms. The lowest BCUT2D eigenvalue weighted by Crippen LogP contribution is -2.19. The molecule has 7 heteroatoms. The van der Waals surface area contributed by atoms with Crippen molar-refractivity contribution >= 4 is 58.2 Å². The molecule has 4 aromatic carbocycles. The minimum atomic E-state index is -0.531. The van der Waals surface area contributed by atoms with Crippen LogP contribution in [-0.2, 0) is 4.79 Å². The highest BCUT2D eigenvalue weighted by atomic mass is 35.5. The molecule has 34 heavy (non-hydrogen) atoms. The van der Waals surface area contributed by atoms with Crippen LogP contribution >= 0.6 is 35.0 Å². The number of carbonyl (C=O) groups is 2. The predicted molar refractivity (Wildman–Crippen MR) is 141 cm³/mol. The number of rotatable bonds is 7. The number of hydrogen-bond donors (Lipinski definition) is 2. The average molecular weight is 507 g/mol. The van der Waals surface area contributed by atoms with Crippen LogP contribution in [0.15, 0.2) is 108 Å². The van der Waals surface area contributed by atoms with Gasteiger partial charge in [-0.2, -0.15) is 0 Å². The molecule has 0 aliphatic carbocycles. The van der Waals surface area contributed by atoms with Crippen molar-refractivity contribution < 1.29 is 9.59 Å². The number of carbonyl (C=O) groups excluding carboxylic acids is 2. The molecule has 0 bridgehead atoms. The van der Waals surface area contributed by atoms with Crippen LogP contribution in [0.25, 0.3) is 0 Å².